The van der Waals surface area contributed by atoms with Gasteiger partial charge >= 0.3 is 0 Å². The standard InChI is InChI=1S/C10H16N2OS/c1-7(10(11)13)5-12-6-9-4-3-8(2)14-9/h3-4,7,12H,5-6H2,1-2H3,(H2,11,13). The van der Waals surface area contributed by atoms with Gasteiger partial charge in [0.05, 0.1) is 0 Å². The quantitative estimate of drug-likeness (QED) is 0.772. The molecule has 1 aromatic heterocycles. The van der Waals surface area contributed by atoms with Crippen molar-refractivity contribution in [2.75, 3.05) is 6.54 Å². The van der Waals surface area contributed by atoms with Crippen molar-refractivity contribution >= 4 is 17.2 Å². The fourth-order valence-electron chi connectivity index (χ4n) is 1.09. The lowest BCUT2D eigenvalue weighted by Gasteiger charge is -2.07. The maximum absolute atomic E-state index is 10.7. The van der Waals surface area contributed by atoms with E-state index >= 15 is 0 Å². The Labute approximate surface area is 88.3 Å². The van der Waals surface area contributed by atoms with Crippen molar-refractivity contribution in [3.05, 3.63) is 21.9 Å². The lowest BCUT2D eigenvalue weighted by molar-refractivity contribution is -0.121. The topological polar surface area (TPSA) is 55.1 Å². The number of primary amides is 1. The summed E-state index contributed by atoms with van der Waals surface area (Å²) in [5.41, 5.74) is 5.14. The molecular formula is C10H16N2OS. The third-order valence-corrected chi connectivity index (χ3v) is 3.03. The summed E-state index contributed by atoms with van der Waals surface area (Å²) in [5, 5.41) is 3.21. The van der Waals surface area contributed by atoms with Gasteiger partial charge < -0.3 is 11.1 Å². The molecule has 4 heteroatoms. The second-order valence-corrected chi connectivity index (χ2v) is 4.82. The molecule has 0 radical (unpaired) electrons. The number of carbonyl (C=O) groups is 1. The van der Waals surface area contributed by atoms with Gasteiger partial charge in [0.25, 0.3) is 0 Å². The molecule has 1 amide bonds. The van der Waals surface area contributed by atoms with E-state index in [-0.39, 0.29) is 11.8 Å². The summed E-state index contributed by atoms with van der Waals surface area (Å²) >= 11 is 1.77. The van der Waals surface area contributed by atoms with Gasteiger partial charge in [0.15, 0.2) is 0 Å². The van der Waals surface area contributed by atoms with Crippen molar-refractivity contribution < 1.29 is 4.79 Å². The number of thiophene rings is 1. The van der Waals surface area contributed by atoms with Crippen LogP contribution in [0.25, 0.3) is 0 Å². The van der Waals surface area contributed by atoms with Crippen LogP contribution in [0.4, 0.5) is 0 Å². The van der Waals surface area contributed by atoms with E-state index in [1.54, 1.807) is 11.3 Å². The molecule has 1 aromatic rings. The monoisotopic (exact) mass is 212 g/mol. The molecule has 14 heavy (non-hydrogen) atoms. The number of hydrogen-bond acceptors (Lipinski definition) is 3. The van der Waals surface area contributed by atoms with Crippen molar-refractivity contribution in [2.24, 2.45) is 11.7 Å². The Kier molecular flexibility index (Phi) is 4.10. The normalized spacial score (nSPS) is 12.7. The second-order valence-electron chi connectivity index (χ2n) is 3.45. The highest BCUT2D eigenvalue weighted by atomic mass is 32.1. The molecule has 0 aliphatic heterocycles. The smallest absolute Gasteiger partial charge is 0.221 e. The molecule has 0 saturated heterocycles. The molecule has 0 aliphatic carbocycles. The molecule has 1 rings (SSSR count). The van der Waals surface area contributed by atoms with Gasteiger partial charge in [-0.05, 0) is 19.1 Å². The molecule has 0 saturated carbocycles. The fourth-order valence-corrected chi connectivity index (χ4v) is 1.95. The van der Waals surface area contributed by atoms with Gasteiger partial charge in [0.2, 0.25) is 5.91 Å². The molecule has 3 nitrogen and oxygen atoms in total. The van der Waals surface area contributed by atoms with E-state index in [1.165, 1.54) is 9.75 Å². The van der Waals surface area contributed by atoms with Crippen LogP contribution < -0.4 is 11.1 Å². The third-order valence-electron chi connectivity index (χ3n) is 2.03. The van der Waals surface area contributed by atoms with Gasteiger partial charge in [-0.1, -0.05) is 6.92 Å². The van der Waals surface area contributed by atoms with Gasteiger partial charge in [-0.2, -0.15) is 0 Å². The predicted molar refractivity (Wildman–Crippen MR) is 59.1 cm³/mol. The average molecular weight is 212 g/mol. The highest BCUT2D eigenvalue weighted by molar-refractivity contribution is 7.11. The molecule has 0 fully saturated rings. The highest BCUT2D eigenvalue weighted by Gasteiger charge is 2.07. The van der Waals surface area contributed by atoms with Crippen molar-refractivity contribution in [3.63, 3.8) is 0 Å². The van der Waals surface area contributed by atoms with Gasteiger partial charge in [-0.3, -0.25) is 4.79 Å². The van der Waals surface area contributed by atoms with Crippen LogP contribution in [0.5, 0.6) is 0 Å². The number of nitrogens with one attached hydrogen (secondary N) is 1. The summed E-state index contributed by atoms with van der Waals surface area (Å²) in [5.74, 6) is -0.351. The number of hydrogen-bond donors (Lipinski definition) is 2. The number of nitrogens with two attached hydrogens (primary N) is 1. The summed E-state index contributed by atoms with van der Waals surface area (Å²) < 4.78 is 0. The number of amides is 1. The zero-order valence-corrected chi connectivity index (χ0v) is 9.36. The van der Waals surface area contributed by atoms with Crippen LogP contribution in [-0.2, 0) is 11.3 Å². The first-order valence-corrected chi connectivity index (χ1v) is 5.46. The minimum absolute atomic E-state index is 0.101. The van der Waals surface area contributed by atoms with Gasteiger partial charge in [-0.15, -0.1) is 11.3 Å². The van der Waals surface area contributed by atoms with Gasteiger partial charge in [-0.25, -0.2) is 0 Å². The minimum Gasteiger partial charge on any atom is -0.369 e. The highest BCUT2D eigenvalue weighted by Crippen LogP contribution is 2.14. The van der Waals surface area contributed by atoms with Gasteiger partial charge in [0.1, 0.15) is 0 Å². The maximum atomic E-state index is 10.7. The third kappa shape index (κ3) is 3.47. The van der Waals surface area contributed by atoms with E-state index in [9.17, 15) is 4.79 Å². The largest absolute Gasteiger partial charge is 0.369 e. The van der Waals surface area contributed by atoms with Crippen molar-refractivity contribution in [1.29, 1.82) is 0 Å². The minimum atomic E-state index is -0.250. The van der Waals surface area contributed by atoms with E-state index in [4.69, 9.17) is 5.73 Å². The van der Waals surface area contributed by atoms with Crippen LogP contribution in [-0.4, -0.2) is 12.5 Å². The van der Waals surface area contributed by atoms with Crippen LogP contribution in [0.1, 0.15) is 16.7 Å². The van der Waals surface area contributed by atoms with Crippen molar-refractivity contribution in [1.82, 2.24) is 5.32 Å². The molecule has 78 valence electrons. The van der Waals surface area contributed by atoms with Crippen LogP contribution in [0.3, 0.4) is 0 Å². The molecule has 0 bridgehead atoms. The average Bonchev–Trinajstić information content (AvgIpc) is 2.51. The van der Waals surface area contributed by atoms with Crippen molar-refractivity contribution in [2.45, 2.75) is 20.4 Å². The molecule has 1 unspecified atom stereocenters. The maximum Gasteiger partial charge on any atom is 0.221 e. The molecule has 3 N–H and O–H groups in total. The second kappa shape index (κ2) is 5.12. The zero-order valence-electron chi connectivity index (χ0n) is 8.54. The number of aryl methyl sites for hydroxylation is 1. The molecule has 1 atom stereocenters. The fraction of sp³-hybridized carbons (Fsp3) is 0.500. The van der Waals surface area contributed by atoms with Crippen LogP contribution in [0.15, 0.2) is 12.1 Å². The summed E-state index contributed by atoms with van der Waals surface area (Å²) in [6, 6.07) is 4.20. The lowest BCUT2D eigenvalue weighted by Crippen LogP contribution is -2.30. The zero-order chi connectivity index (χ0) is 10.6. The van der Waals surface area contributed by atoms with Crippen LogP contribution >= 0.6 is 11.3 Å². The summed E-state index contributed by atoms with van der Waals surface area (Å²) in [4.78, 5) is 13.3. The van der Waals surface area contributed by atoms with E-state index < -0.39 is 0 Å². The Morgan fingerprint density at radius 3 is 2.86 bits per heavy atom. The Hall–Kier alpha value is -0.870. The van der Waals surface area contributed by atoms with Crippen LogP contribution in [0.2, 0.25) is 0 Å². The van der Waals surface area contributed by atoms with Gasteiger partial charge in [0, 0.05) is 28.8 Å². The van der Waals surface area contributed by atoms with E-state index in [0.29, 0.717) is 6.54 Å². The van der Waals surface area contributed by atoms with Crippen molar-refractivity contribution in [3.8, 4) is 0 Å². The first-order chi connectivity index (χ1) is 6.59. The van der Waals surface area contributed by atoms with Crippen LogP contribution in [0, 0.1) is 12.8 Å². The van der Waals surface area contributed by atoms with E-state index in [2.05, 4.69) is 24.4 Å². The summed E-state index contributed by atoms with van der Waals surface area (Å²) in [6.45, 7) is 5.37. The van der Waals surface area contributed by atoms with E-state index in [1.807, 2.05) is 6.92 Å². The molecule has 1 heterocycles. The summed E-state index contributed by atoms with van der Waals surface area (Å²) in [7, 11) is 0. The SMILES string of the molecule is Cc1ccc(CNCC(C)C(N)=O)s1. The lowest BCUT2D eigenvalue weighted by atomic mass is 10.2. The summed E-state index contributed by atoms with van der Waals surface area (Å²) in [6.07, 6.45) is 0. The first kappa shape index (κ1) is 11.2. The molecule has 0 spiro atoms. The predicted octanol–water partition coefficient (Wildman–Crippen LogP) is 1.27. The molecule has 0 aliphatic rings. The Morgan fingerprint density at radius 2 is 2.36 bits per heavy atom. The Morgan fingerprint density at radius 1 is 1.64 bits per heavy atom. The molecular weight excluding hydrogens is 196 g/mol. The number of rotatable bonds is 5. The Bertz CT molecular complexity index is 309. The number of carbonyl (C=O) groups excluding carboxylic acids is 1. The molecule has 0 aromatic carbocycles. The first-order valence-electron chi connectivity index (χ1n) is 4.65. The van der Waals surface area contributed by atoms with E-state index in [0.717, 1.165) is 6.54 Å². The Balaban J connectivity index is 2.25.